The maximum atomic E-state index is 14.7. The third-order valence-electron chi connectivity index (χ3n) is 8.74. The minimum Gasteiger partial charge on any atom is -0.465 e. The summed E-state index contributed by atoms with van der Waals surface area (Å²) in [5, 5.41) is 19.4. The molecule has 44 heavy (non-hydrogen) atoms. The summed E-state index contributed by atoms with van der Waals surface area (Å²) in [6, 6.07) is 8.61. The lowest BCUT2D eigenvalue weighted by molar-refractivity contribution is -0.139. The van der Waals surface area contributed by atoms with Gasteiger partial charge in [-0.1, -0.05) is 58.0 Å². The minimum absolute atomic E-state index is 0.0168. The predicted molar refractivity (Wildman–Crippen MR) is 168 cm³/mol. The number of ether oxygens (including phenoxy) is 1. The van der Waals surface area contributed by atoms with Crippen molar-refractivity contribution in [2.75, 3.05) is 39.9 Å². The van der Waals surface area contributed by atoms with Crippen LogP contribution in [0.1, 0.15) is 82.9 Å². The highest BCUT2D eigenvalue weighted by Crippen LogP contribution is 2.39. The number of amides is 3. The number of carbonyl (C=O) groups is 3. The first-order chi connectivity index (χ1) is 20.9. The molecule has 11 nitrogen and oxygen atoms in total. The van der Waals surface area contributed by atoms with Crippen LogP contribution in [-0.4, -0.2) is 105 Å². The zero-order chi connectivity index (χ0) is 32.0. The van der Waals surface area contributed by atoms with Gasteiger partial charge in [0.25, 0.3) is 5.91 Å². The lowest BCUT2D eigenvalue weighted by atomic mass is 9.74. The Morgan fingerprint density at radius 2 is 1.77 bits per heavy atom. The predicted octanol–water partition coefficient (Wildman–Crippen LogP) is 4.74. The fraction of sp³-hybridized carbons (Fsp3) is 0.667. The third kappa shape index (κ3) is 7.60. The van der Waals surface area contributed by atoms with E-state index in [-0.39, 0.29) is 30.0 Å². The van der Waals surface area contributed by atoms with E-state index in [1.165, 1.54) is 4.90 Å². The Labute approximate surface area is 261 Å². The first kappa shape index (κ1) is 33.4. The van der Waals surface area contributed by atoms with E-state index >= 15 is 0 Å². The van der Waals surface area contributed by atoms with Crippen LogP contribution < -0.4 is 0 Å². The number of nitrogens with zero attached hydrogens (tertiary/aromatic N) is 6. The van der Waals surface area contributed by atoms with Crippen molar-refractivity contribution in [3.8, 4) is 5.69 Å². The van der Waals surface area contributed by atoms with Crippen LogP contribution in [0, 0.1) is 17.3 Å². The van der Waals surface area contributed by atoms with E-state index in [4.69, 9.17) is 4.74 Å². The third-order valence-corrected chi connectivity index (χ3v) is 8.74. The average molecular weight is 611 g/mol. The number of benzene rings is 1. The largest absolute Gasteiger partial charge is 0.465 e. The van der Waals surface area contributed by atoms with Crippen LogP contribution in [0.2, 0.25) is 0 Å². The maximum absolute atomic E-state index is 14.7. The minimum atomic E-state index is -1.07. The van der Waals surface area contributed by atoms with Crippen LogP contribution >= 0.6 is 0 Å². The normalized spacial score (nSPS) is 20.8. The van der Waals surface area contributed by atoms with Crippen molar-refractivity contribution in [3.05, 3.63) is 41.7 Å². The Bertz CT molecular complexity index is 1270. The number of rotatable bonds is 11. The molecule has 1 aromatic heterocycles. The van der Waals surface area contributed by atoms with E-state index in [1.807, 2.05) is 69.9 Å². The van der Waals surface area contributed by atoms with E-state index < -0.39 is 29.5 Å². The van der Waals surface area contributed by atoms with Gasteiger partial charge in [0.05, 0.1) is 29.4 Å². The number of methoxy groups -OCH3 is 1. The number of carbonyl (C=O) groups excluding carboxylic acids is 2. The molecule has 4 rings (SSSR count). The molecule has 11 heteroatoms. The van der Waals surface area contributed by atoms with Crippen LogP contribution in [0.15, 0.2) is 30.3 Å². The molecule has 3 atom stereocenters. The molecule has 2 fully saturated rings. The van der Waals surface area contributed by atoms with Crippen molar-refractivity contribution in [1.82, 2.24) is 29.7 Å². The molecule has 3 heterocycles. The van der Waals surface area contributed by atoms with Gasteiger partial charge in [-0.3, -0.25) is 9.59 Å². The highest BCUT2D eigenvalue weighted by atomic mass is 16.5. The molecule has 2 aliphatic heterocycles. The molecule has 0 spiro atoms. The highest BCUT2D eigenvalue weighted by Gasteiger charge is 2.50. The molecule has 2 saturated heterocycles. The molecule has 0 radical (unpaired) electrons. The first-order valence-corrected chi connectivity index (χ1v) is 16.0. The fourth-order valence-electron chi connectivity index (χ4n) is 6.87. The highest BCUT2D eigenvalue weighted by molar-refractivity contribution is 5.94. The van der Waals surface area contributed by atoms with Crippen molar-refractivity contribution >= 4 is 17.9 Å². The first-order valence-electron chi connectivity index (χ1n) is 16.0. The molecular weight excluding hydrogens is 560 g/mol. The molecule has 1 unspecified atom stereocenters. The number of hydrogen-bond acceptors (Lipinski definition) is 6. The lowest BCUT2D eigenvalue weighted by Gasteiger charge is -2.52. The van der Waals surface area contributed by atoms with E-state index in [9.17, 15) is 19.5 Å². The van der Waals surface area contributed by atoms with Gasteiger partial charge in [0.1, 0.15) is 0 Å². The molecule has 3 amide bonds. The summed E-state index contributed by atoms with van der Waals surface area (Å²) in [6.45, 7) is 12.6. The van der Waals surface area contributed by atoms with Gasteiger partial charge in [0, 0.05) is 39.9 Å². The van der Waals surface area contributed by atoms with E-state index in [1.54, 1.807) is 16.7 Å². The summed E-state index contributed by atoms with van der Waals surface area (Å²) < 4.78 is 6.99. The molecule has 1 N–H and O–H groups in total. The fourth-order valence-corrected chi connectivity index (χ4v) is 6.87. The Balaban J connectivity index is 1.78. The van der Waals surface area contributed by atoms with Crippen LogP contribution in [0.3, 0.4) is 0 Å². The van der Waals surface area contributed by atoms with Gasteiger partial charge in [-0.25, -0.2) is 9.48 Å². The van der Waals surface area contributed by atoms with Crippen LogP contribution in [0.4, 0.5) is 4.79 Å². The van der Waals surface area contributed by atoms with Gasteiger partial charge in [-0.15, -0.1) is 5.10 Å². The van der Waals surface area contributed by atoms with Gasteiger partial charge in [-0.05, 0) is 62.0 Å². The van der Waals surface area contributed by atoms with Gasteiger partial charge >= 0.3 is 6.09 Å². The van der Waals surface area contributed by atoms with Crippen molar-refractivity contribution in [2.45, 2.75) is 85.2 Å². The van der Waals surface area contributed by atoms with E-state index in [2.05, 4.69) is 10.3 Å². The molecule has 2 aromatic rings. The monoisotopic (exact) mass is 610 g/mol. The number of piperidine rings is 1. The molecule has 2 aliphatic rings. The Kier molecular flexibility index (Phi) is 11.0. The average Bonchev–Trinajstić information content (AvgIpc) is 3.67. The van der Waals surface area contributed by atoms with E-state index in [0.717, 1.165) is 31.4 Å². The van der Waals surface area contributed by atoms with Crippen LogP contribution in [0.25, 0.3) is 5.69 Å². The van der Waals surface area contributed by atoms with Crippen molar-refractivity contribution < 1.29 is 24.2 Å². The zero-order valence-electron chi connectivity index (χ0n) is 27.2. The Hall–Kier alpha value is -3.47. The summed E-state index contributed by atoms with van der Waals surface area (Å²) in [5.74, 6) is -0.719. The maximum Gasteiger partial charge on any atom is 0.407 e. The molecule has 242 valence electrons. The molecule has 1 aromatic carbocycles. The van der Waals surface area contributed by atoms with Gasteiger partial charge in [0.2, 0.25) is 5.91 Å². The summed E-state index contributed by atoms with van der Waals surface area (Å²) in [6.07, 6.45) is 3.42. The standard InChI is InChI=1S/C33H50N6O5/c1-23(2)21-37(31(41)28-26(16-10-13-19-44-6)39(35-34-28)25-14-8-7-9-15-25)27-20-24(30(40)36-17-11-12-18-36)22-38(32(42)43)29(27)33(3,4)5/h7-9,14-15,23-24,27,29H,10-13,16-22H2,1-6H3,(H,42,43)/t24-,27+,29?/m1/s1. The molecular formula is C33H50N6O5. The Morgan fingerprint density at radius 1 is 1.09 bits per heavy atom. The Morgan fingerprint density at radius 3 is 2.36 bits per heavy atom. The van der Waals surface area contributed by atoms with Crippen molar-refractivity contribution in [1.29, 1.82) is 0 Å². The summed E-state index contributed by atoms with van der Waals surface area (Å²) in [7, 11) is 1.67. The quantitative estimate of drug-likeness (QED) is 0.365. The van der Waals surface area contributed by atoms with E-state index in [0.29, 0.717) is 44.8 Å². The zero-order valence-corrected chi connectivity index (χ0v) is 27.2. The van der Waals surface area contributed by atoms with Gasteiger partial charge < -0.3 is 24.5 Å². The summed E-state index contributed by atoms with van der Waals surface area (Å²) >= 11 is 0. The molecule has 0 saturated carbocycles. The second kappa shape index (κ2) is 14.5. The van der Waals surface area contributed by atoms with Crippen LogP contribution in [0.5, 0.6) is 0 Å². The topological polar surface area (TPSA) is 121 Å². The SMILES string of the molecule is COCCCCc1c(C(=O)N(CC(C)C)[C@H]2C[C@@H](C(=O)N3CCCC3)CN(C(=O)O)C2C(C)(C)C)nnn1-c1ccccc1. The smallest absolute Gasteiger partial charge is 0.407 e. The van der Waals surface area contributed by atoms with Gasteiger partial charge in [0.15, 0.2) is 5.69 Å². The number of carboxylic acid groups (broad SMARTS) is 1. The van der Waals surface area contributed by atoms with Crippen molar-refractivity contribution in [3.63, 3.8) is 0 Å². The lowest BCUT2D eigenvalue weighted by Crippen LogP contribution is -2.66. The number of likely N-dealkylation sites (tertiary alicyclic amines) is 2. The van der Waals surface area contributed by atoms with Crippen LogP contribution in [-0.2, 0) is 16.0 Å². The second-order valence-electron chi connectivity index (χ2n) is 13.7. The molecule has 0 bridgehead atoms. The number of aromatic nitrogens is 3. The van der Waals surface area contributed by atoms with Gasteiger partial charge in [-0.2, -0.15) is 0 Å². The number of para-hydroxylation sites is 1. The number of unbranched alkanes of at least 4 members (excludes halogenated alkanes) is 1. The summed E-state index contributed by atoms with van der Waals surface area (Å²) in [5.41, 5.74) is 1.31. The second-order valence-corrected chi connectivity index (χ2v) is 13.7. The number of hydrogen-bond donors (Lipinski definition) is 1. The molecule has 0 aliphatic carbocycles. The van der Waals surface area contributed by atoms with Crippen molar-refractivity contribution in [2.24, 2.45) is 17.3 Å². The summed E-state index contributed by atoms with van der Waals surface area (Å²) in [4.78, 5) is 46.3.